The molecule has 394 valence electrons. The van der Waals surface area contributed by atoms with Crippen LogP contribution in [0.3, 0.4) is 0 Å². The summed E-state index contributed by atoms with van der Waals surface area (Å²) in [6.45, 7) is 12.3. The number of aliphatic imine (C=N–C) groups is 1. The van der Waals surface area contributed by atoms with Crippen molar-refractivity contribution < 1.29 is 53.0 Å². The smallest absolute Gasteiger partial charge is 0.328 e. The standard InChI is InChI=1S/C47H75N13O11/c1-9-26(5)37(44(67)56-34(22-30-23-51-24-53-30)45(68)60-20-12-14-35(60)42(65)59-38(27(6)10-2)46(69)70-8)58-41(64)33(21-29-15-17-31(61)18-16-29)55-43(66)36(25(3)4)57-40(63)32(13-11-19-52-47(48)49)54-39(62)28(7)71-50/h15-18,23-28,32-38,61H,9-14,19-22,50H2,1-8H3,(H,51,53)(H,54,62)(H,55,66)(H,56,67)(H,57,63)(H,58,64)(H,59,65)(H4,48,49,52)/t26-,27-,28?,32-,33-,34-,35-,36-,37-,38-/m0/s1. The average Bonchev–Trinajstić information content (AvgIpc) is 4.07. The Balaban J connectivity index is 1.94. The van der Waals surface area contributed by atoms with Gasteiger partial charge in [0.15, 0.2) is 12.1 Å². The van der Waals surface area contributed by atoms with Gasteiger partial charge in [0, 0.05) is 37.8 Å². The number of imidazole rings is 1. The number of ether oxygens (including phenoxy) is 1. The first kappa shape index (κ1) is 58.5. The van der Waals surface area contributed by atoms with Crippen LogP contribution >= 0.6 is 0 Å². The van der Waals surface area contributed by atoms with E-state index in [4.69, 9.17) is 22.1 Å². The molecule has 2 heterocycles. The van der Waals surface area contributed by atoms with Gasteiger partial charge in [-0.05, 0) is 68.1 Å². The number of hydrogen-bond acceptors (Lipinski definition) is 14. The van der Waals surface area contributed by atoms with E-state index in [2.05, 4.69) is 51.7 Å². The molecule has 1 fully saturated rings. The molecule has 1 aliphatic heterocycles. The summed E-state index contributed by atoms with van der Waals surface area (Å²) in [4.78, 5) is 128. The maximum absolute atomic E-state index is 14.5. The van der Waals surface area contributed by atoms with Crippen molar-refractivity contribution in [3.63, 3.8) is 0 Å². The van der Waals surface area contributed by atoms with E-state index in [-0.39, 0.29) is 56.4 Å². The minimum Gasteiger partial charge on any atom is -0.508 e. The van der Waals surface area contributed by atoms with Crippen LogP contribution < -0.4 is 49.3 Å². The molecule has 2 aromatic rings. The highest BCUT2D eigenvalue weighted by Crippen LogP contribution is 2.22. The molecule has 24 heteroatoms. The largest absolute Gasteiger partial charge is 0.508 e. The van der Waals surface area contributed by atoms with Crippen LogP contribution in [0.4, 0.5) is 0 Å². The Morgan fingerprint density at radius 2 is 1.38 bits per heavy atom. The fourth-order valence-corrected chi connectivity index (χ4v) is 7.83. The lowest BCUT2D eigenvalue weighted by molar-refractivity contribution is -0.148. The summed E-state index contributed by atoms with van der Waals surface area (Å²) < 4.78 is 4.95. The quantitative estimate of drug-likeness (QED) is 0.0161. The second kappa shape index (κ2) is 28.7. The Bertz CT molecular complexity index is 2120. The Morgan fingerprint density at radius 1 is 0.789 bits per heavy atom. The van der Waals surface area contributed by atoms with Gasteiger partial charge in [-0.2, -0.15) is 0 Å². The van der Waals surface area contributed by atoms with Gasteiger partial charge in [0.1, 0.15) is 48.0 Å². The lowest BCUT2D eigenvalue weighted by atomic mass is 9.96. The number of esters is 1. The third-order valence-electron chi connectivity index (χ3n) is 12.6. The number of carbonyl (C=O) groups excluding carboxylic acids is 8. The van der Waals surface area contributed by atoms with Gasteiger partial charge in [0.05, 0.1) is 13.4 Å². The number of aromatic amines is 1. The van der Waals surface area contributed by atoms with Crippen LogP contribution in [-0.2, 0) is 60.8 Å². The van der Waals surface area contributed by atoms with Crippen molar-refractivity contribution in [1.82, 2.24) is 46.8 Å². The number of amides is 7. The second-order valence-corrected chi connectivity index (χ2v) is 18.2. The number of carbonyl (C=O) groups is 8. The number of aromatic hydroxyl groups is 1. The molecule has 1 saturated heterocycles. The van der Waals surface area contributed by atoms with Crippen LogP contribution in [0.5, 0.6) is 5.75 Å². The Kier molecular flexibility index (Phi) is 23.7. The van der Waals surface area contributed by atoms with E-state index in [0.29, 0.717) is 36.9 Å². The zero-order chi connectivity index (χ0) is 52.9. The minimum absolute atomic E-state index is 0.0427. The van der Waals surface area contributed by atoms with Crippen LogP contribution in [0, 0.1) is 17.8 Å². The van der Waals surface area contributed by atoms with E-state index >= 15 is 0 Å². The number of nitrogens with one attached hydrogen (secondary N) is 7. The number of hydrogen-bond donors (Lipinski definition) is 11. The molecule has 1 aromatic heterocycles. The molecule has 7 amide bonds. The summed E-state index contributed by atoms with van der Waals surface area (Å²) in [7, 11) is 1.23. The van der Waals surface area contributed by atoms with Gasteiger partial charge < -0.3 is 63.1 Å². The summed E-state index contributed by atoms with van der Waals surface area (Å²) in [6.07, 6.45) is 3.66. The van der Waals surface area contributed by atoms with Gasteiger partial charge in [-0.3, -0.25) is 43.4 Å². The summed E-state index contributed by atoms with van der Waals surface area (Å²) in [5.41, 5.74) is 11.9. The molecule has 0 aliphatic carbocycles. The summed E-state index contributed by atoms with van der Waals surface area (Å²) >= 11 is 0. The predicted octanol–water partition coefficient (Wildman–Crippen LogP) is -0.946. The van der Waals surface area contributed by atoms with Gasteiger partial charge in [-0.1, -0.05) is 66.5 Å². The van der Waals surface area contributed by atoms with Crippen molar-refractivity contribution in [2.45, 2.75) is 148 Å². The van der Waals surface area contributed by atoms with Crippen molar-refractivity contribution in [3.05, 3.63) is 48.0 Å². The van der Waals surface area contributed by atoms with Crippen molar-refractivity contribution >= 4 is 53.3 Å². The highest BCUT2D eigenvalue weighted by molar-refractivity contribution is 5.98. The third-order valence-corrected chi connectivity index (χ3v) is 12.6. The molecule has 10 atom stereocenters. The maximum atomic E-state index is 14.5. The summed E-state index contributed by atoms with van der Waals surface area (Å²) in [5, 5.41) is 26.4. The van der Waals surface area contributed by atoms with E-state index < -0.39 is 108 Å². The normalized spacial score (nSPS) is 17.2. The van der Waals surface area contributed by atoms with Crippen molar-refractivity contribution in [2.24, 2.45) is 40.1 Å². The number of rotatable bonds is 28. The fraction of sp³-hybridized carbons (Fsp3) is 0.617. The van der Waals surface area contributed by atoms with Gasteiger partial charge >= 0.3 is 5.97 Å². The van der Waals surface area contributed by atoms with E-state index in [9.17, 15) is 43.5 Å². The van der Waals surface area contributed by atoms with Gasteiger partial charge in [0.2, 0.25) is 35.4 Å². The number of nitrogens with zero attached hydrogens (tertiary/aromatic N) is 3. The highest BCUT2D eigenvalue weighted by Gasteiger charge is 2.41. The number of phenols is 1. The number of aromatic nitrogens is 2. The number of methoxy groups -OCH3 is 1. The van der Waals surface area contributed by atoms with Gasteiger partial charge in [-0.25, -0.2) is 15.7 Å². The highest BCUT2D eigenvalue weighted by atomic mass is 16.6. The first-order valence-corrected chi connectivity index (χ1v) is 24.0. The van der Waals surface area contributed by atoms with Crippen LogP contribution in [0.15, 0.2) is 41.8 Å². The molecule has 0 bridgehead atoms. The van der Waals surface area contributed by atoms with Crippen molar-refractivity contribution in [3.8, 4) is 5.75 Å². The molecular formula is C47H75N13O11. The average molecular weight is 998 g/mol. The van der Waals surface area contributed by atoms with E-state index in [0.717, 1.165) is 0 Å². The molecule has 24 nitrogen and oxygen atoms in total. The minimum atomic E-state index is -1.36. The van der Waals surface area contributed by atoms with Crippen LogP contribution in [0.25, 0.3) is 0 Å². The molecule has 0 spiro atoms. The third kappa shape index (κ3) is 17.8. The second-order valence-electron chi connectivity index (χ2n) is 18.2. The Labute approximate surface area is 414 Å². The van der Waals surface area contributed by atoms with Gasteiger partial charge in [0.25, 0.3) is 5.91 Å². The first-order chi connectivity index (χ1) is 33.6. The molecule has 1 aliphatic rings. The van der Waals surface area contributed by atoms with E-state index in [1.54, 1.807) is 39.8 Å². The molecule has 3 rings (SSSR count). The Hall–Kier alpha value is -6.82. The molecule has 71 heavy (non-hydrogen) atoms. The zero-order valence-corrected chi connectivity index (χ0v) is 42.0. The molecule has 14 N–H and O–H groups in total. The molecule has 0 saturated carbocycles. The van der Waals surface area contributed by atoms with Gasteiger partial charge in [-0.15, -0.1) is 0 Å². The number of likely N-dealkylation sites (tertiary alicyclic amines) is 1. The summed E-state index contributed by atoms with van der Waals surface area (Å²) in [6, 6.07) is -2.28. The number of nitrogens with two attached hydrogens (primary N) is 3. The molecule has 1 aromatic carbocycles. The predicted molar refractivity (Wildman–Crippen MR) is 261 cm³/mol. The Morgan fingerprint density at radius 3 is 1.96 bits per heavy atom. The van der Waals surface area contributed by atoms with E-state index in [1.807, 2.05) is 13.8 Å². The van der Waals surface area contributed by atoms with Crippen molar-refractivity contribution in [1.29, 1.82) is 0 Å². The summed E-state index contributed by atoms with van der Waals surface area (Å²) in [5.74, 6) is -1.77. The SMILES string of the molecule is CC[C@H](C)[C@H](NC(=O)[C@H](Cc1ccc(O)cc1)NC(=O)[C@@H](NC(=O)[C@H](CCCN=C(N)N)NC(=O)C(C)ON)C(C)C)C(=O)N[C@@H](Cc1cnc[nH]1)C(=O)N1CCC[C@H]1C(=O)N[C@H](C(=O)OC)[C@@H](C)CC. The zero-order valence-electron chi connectivity index (χ0n) is 42.0. The molecule has 1 unspecified atom stereocenters. The lowest BCUT2D eigenvalue weighted by Crippen LogP contribution is -2.62. The van der Waals surface area contributed by atoms with Crippen LogP contribution in [-0.4, -0.2) is 142 Å². The fourth-order valence-electron chi connectivity index (χ4n) is 7.83. The number of H-pyrrole nitrogens is 1. The first-order valence-electron chi connectivity index (χ1n) is 24.0. The molecule has 0 radical (unpaired) electrons. The van der Waals surface area contributed by atoms with Crippen LogP contribution in [0.1, 0.15) is 98.2 Å². The number of phenolic OH excluding ortho intramolecular Hbond substituents is 1. The topological polar surface area (TPSA) is 370 Å². The lowest BCUT2D eigenvalue weighted by Gasteiger charge is -2.32. The molecular weight excluding hydrogens is 923 g/mol. The van der Waals surface area contributed by atoms with Crippen molar-refractivity contribution in [2.75, 3.05) is 20.2 Å². The number of guanidine groups is 1. The number of benzene rings is 1. The maximum Gasteiger partial charge on any atom is 0.328 e. The monoisotopic (exact) mass is 998 g/mol. The van der Waals surface area contributed by atoms with Crippen LogP contribution in [0.2, 0.25) is 0 Å². The van der Waals surface area contributed by atoms with E-state index in [1.165, 1.54) is 43.6 Å².